The van der Waals surface area contributed by atoms with Gasteiger partial charge in [0.2, 0.25) is 17.8 Å². The van der Waals surface area contributed by atoms with Crippen LogP contribution in [0.1, 0.15) is 17.8 Å². The number of rotatable bonds is 7. The summed E-state index contributed by atoms with van der Waals surface area (Å²) in [7, 11) is 7.35. The van der Waals surface area contributed by atoms with Gasteiger partial charge in [0, 0.05) is 34.6 Å². The van der Waals surface area contributed by atoms with Crippen LogP contribution in [0.15, 0.2) is 18.2 Å². The van der Waals surface area contributed by atoms with Crippen LogP contribution in [-0.2, 0) is 17.8 Å². The van der Waals surface area contributed by atoms with Gasteiger partial charge in [0.05, 0.1) is 11.6 Å². The van der Waals surface area contributed by atoms with Crippen molar-refractivity contribution in [2.45, 2.75) is 19.4 Å². The molecule has 1 aromatic carbocycles. The summed E-state index contributed by atoms with van der Waals surface area (Å²) in [4.78, 5) is 28.6. The van der Waals surface area contributed by atoms with Crippen LogP contribution < -0.4 is 15.1 Å². The summed E-state index contributed by atoms with van der Waals surface area (Å²) >= 11 is 5.75. The Hall–Kier alpha value is -2.48. The maximum atomic E-state index is 13.1. The molecule has 0 aliphatic heterocycles. The number of carbonyl (C=O) groups is 1. The Morgan fingerprint density at radius 1 is 1.12 bits per heavy atom. The van der Waals surface area contributed by atoms with E-state index in [1.807, 2.05) is 28.2 Å². The van der Waals surface area contributed by atoms with Crippen molar-refractivity contribution < 1.29 is 9.18 Å². The van der Waals surface area contributed by atoms with Gasteiger partial charge in [-0.25, -0.2) is 4.39 Å². The standard InChI is InChI=1S/C17H22ClFN6O/c1-24(2)16-21-14(22-17(23-16)25(3)4)10-20-15(26)8-6-11-5-7-13(19)12(18)9-11/h5,7,9H,6,8,10H2,1-4H3,(H,20,26). The van der Waals surface area contributed by atoms with Gasteiger partial charge in [0.1, 0.15) is 5.82 Å². The van der Waals surface area contributed by atoms with E-state index in [1.165, 1.54) is 12.1 Å². The van der Waals surface area contributed by atoms with Crippen molar-refractivity contribution in [2.75, 3.05) is 38.0 Å². The molecule has 0 spiro atoms. The zero-order chi connectivity index (χ0) is 19.3. The fourth-order valence-corrected chi connectivity index (χ4v) is 2.30. The van der Waals surface area contributed by atoms with Gasteiger partial charge in [0.25, 0.3) is 0 Å². The van der Waals surface area contributed by atoms with Crippen molar-refractivity contribution in [2.24, 2.45) is 0 Å². The van der Waals surface area contributed by atoms with Gasteiger partial charge in [0.15, 0.2) is 5.82 Å². The fourth-order valence-electron chi connectivity index (χ4n) is 2.09. The molecule has 0 bridgehead atoms. The van der Waals surface area contributed by atoms with E-state index in [4.69, 9.17) is 11.6 Å². The van der Waals surface area contributed by atoms with Crippen LogP contribution in [0.5, 0.6) is 0 Å². The minimum absolute atomic E-state index is 0.0560. The van der Waals surface area contributed by atoms with E-state index in [0.717, 1.165) is 5.56 Å². The molecule has 0 unspecified atom stereocenters. The SMILES string of the molecule is CN(C)c1nc(CNC(=O)CCc2ccc(F)c(Cl)c2)nc(N(C)C)n1. The van der Waals surface area contributed by atoms with E-state index in [0.29, 0.717) is 24.1 Å². The first-order chi connectivity index (χ1) is 12.3. The number of halogens is 2. The highest BCUT2D eigenvalue weighted by Gasteiger charge is 2.11. The first kappa shape index (κ1) is 19.8. The molecule has 1 aromatic heterocycles. The lowest BCUT2D eigenvalue weighted by atomic mass is 10.1. The molecule has 1 heterocycles. The third kappa shape index (κ3) is 5.52. The number of aromatic nitrogens is 3. The summed E-state index contributed by atoms with van der Waals surface area (Å²) in [5.74, 6) is 0.903. The number of nitrogens with zero attached hydrogens (tertiary/aromatic N) is 5. The Bertz CT molecular complexity index is 758. The minimum Gasteiger partial charge on any atom is -0.349 e. The first-order valence-electron chi connectivity index (χ1n) is 8.06. The average molecular weight is 381 g/mol. The molecule has 0 fully saturated rings. The molecule has 2 aromatic rings. The van der Waals surface area contributed by atoms with Crippen LogP contribution in [0.3, 0.4) is 0 Å². The van der Waals surface area contributed by atoms with Gasteiger partial charge in [-0.15, -0.1) is 0 Å². The molecule has 0 saturated heterocycles. The number of benzene rings is 1. The fraction of sp³-hybridized carbons (Fsp3) is 0.412. The molecule has 26 heavy (non-hydrogen) atoms. The predicted molar refractivity (Wildman–Crippen MR) is 100 cm³/mol. The molecule has 0 aliphatic carbocycles. The van der Waals surface area contributed by atoms with Crippen LogP contribution in [-0.4, -0.2) is 49.0 Å². The smallest absolute Gasteiger partial charge is 0.229 e. The van der Waals surface area contributed by atoms with Gasteiger partial charge in [-0.1, -0.05) is 17.7 Å². The summed E-state index contributed by atoms with van der Waals surface area (Å²) in [6, 6.07) is 4.45. The Labute approximate surface area is 157 Å². The molecule has 1 N–H and O–H groups in total. The summed E-state index contributed by atoms with van der Waals surface area (Å²) < 4.78 is 13.1. The van der Waals surface area contributed by atoms with Crippen LogP contribution in [0, 0.1) is 5.82 Å². The summed E-state index contributed by atoms with van der Waals surface area (Å²) in [5.41, 5.74) is 0.802. The number of anilines is 2. The van der Waals surface area contributed by atoms with Crippen molar-refractivity contribution in [1.29, 1.82) is 0 Å². The Morgan fingerprint density at radius 2 is 1.73 bits per heavy atom. The average Bonchev–Trinajstić information content (AvgIpc) is 2.60. The molecule has 2 rings (SSSR count). The minimum atomic E-state index is -0.469. The maximum Gasteiger partial charge on any atom is 0.229 e. The molecule has 140 valence electrons. The van der Waals surface area contributed by atoms with Gasteiger partial charge >= 0.3 is 0 Å². The molecule has 0 saturated carbocycles. The van der Waals surface area contributed by atoms with E-state index in [9.17, 15) is 9.18 Å². The quantitative estimate of drug-likeness (QED) is 0.792. The second-order valence-corrected chi connectivity index (χ2v) is 6.57. The van der Waals surface area contributed by atoms with Crippen LogP contribution in [0.25, 0.3) is 0 Å². The first-order valence-corrected chi connectivity index (χ1v) is 8.44. The number of aryl methyl sites for hydroxylation is 1. The van der Waals surface area contributed by atoms with Crippen molar-refractivity contribution in [1.82, 2.24) is 20.3 Å². The van der Waals surface area contributed by atoms with Crippen LogP contribution in [0.4, 0.5) is 16.3 Å². The Balaban J connectivity index is 1.95. The topological polar surface area (TPSA) is 74.2 Å². The van der Waals surface area contributed by atoms with E-state index in [-0.39, 0.29) is 23.9 Å². The monoisotopic (exact) mass is 380 g/mol. The second-order valence-electron chi connectivity index (χ2n) is 6.17. The molecule has 7 nitrogen and oxygen atoms in total. The highest BCUT2D eigenvalue weighted by Crippen LogP contribution is 2.17. The number of carbonyl (C=O) groups excluding carboxylic acids is 1. The van der Waals surface area contributed by atoms with Gasteiger partial charge in [-0.05, 0) is 24.1 Å². The normalized spacial score (nSPS) is 10.5. The van der Waals surface area contributed by atoms with Crippen LogP contribution >= 0.6 is 11.6 Å². The highest BCUT2D eigenvalue weighted by molar-refractivity contribution is 6.30. The van der Waals surface area contributed by atoms with Gasteiger partial charge in [-0.2, -0.15) is 15.0 Å². The Kier molecular flexibility index (Phi) is 6.68. The molecule has 0 radical (unpaired) electrons. The molecule has 0 aliphatic rings. The number of nitrogens with one attached hydrogen (secondary N) is 1. The zero-order valence-corrected chi connectivity index (χ0v) is 16.0. The molecule has 0 atom stereocenters. The Morgan fingerprint density at radius 3 is 2.27 bits per heavy atom. The lowest BCUT2D eigenvalue weighted by molar-refractivity contribution is -0.121. The molecular formula is C17H22ClFN6O. The van der Waals surface area contributed by atoms with Gasteiger partial charge in [-0.3, -0.25) is 4.79 Å². The third-order valence-electron chi connectivity index (χ3n) is 3.53. The summed E-state index contributed by atoms with van der Waals surface area (Å²) in [6.45, 7) is 0.202. The van der Waals surface area contributed by atoms with E-state index in [1.54, 1.807) is 15.9 Å². The summed E-state index contributed by atoms with van der Waals surface area (Å²) in [6.07, 6.45) is 0.725. The molecule has 9 heteroatoms. The molecule has 1 amide bonds. The van der Waals surface area contributed by atoms with Crippen molar-refractivity contribution in [3.8, 4) is 0 Å². The van der Waals surface area contributed by atoms with E-state index >= 15 is 0 Å². The number of hydrogen-bond acceptors (Lipinski definition) is 6. The maximum absolute atomic E-state index is 13.1. The van der Waals surface area contributed by atoms with Gasteiger partial charge < -0.3 is 15.1 Å². The lowest BCUT2D eigenvalue weighted by Crippen LogP contribution is -2.26. The highest BCUT2D eigenvalue weighted by atomic mass is 35.5. The second kappa shape index (κ2) is 8.75. The number of amides is 1. The summed E-state index contributed by atoms with van der Waals surface area (Å²) in [5, 5.41) is 2.85. The van der Waals surface area contributed by atoms with E-state index in [2.05, 4.69) is 20.3 Å². The van der Waals surface area contributed by atoms with E-state index < -0.39 is 5.82 Å². The predicted octanol–water partition coefficient (Wildman–Crippen LogP) is 2.05. The van der Waals surface area contributed by atoms with Crippen molar-refractivity contribution in [3.63, 3.8) is 0 Å². The van der Waals surface area contributed by atoms with Crippen molar-refractivity contribution in [3.05, 3.63) is 40.4 Å². The number of hydrogen-bond donors (Lipinski definition) is 1. The largest absolute Gasteiger partial charge is 0.349 e. The third-order valence-corrected chi connectivity index (χ3v) is 3.82. The zero-order valence-electron chi connectivity index (χ0n) is 15.3. The lowest BCUT2D eigenvalue weighted by Gasteiger charge is -2.16. The molecular weight excluding hydrogens is 359 g/mol. The van der Waals surface area contributed by atoms with Crippen molar-refractivity contribution >= 4 is 29.4 Å². The van der Waals surface area contributed by atoms with Crippen LogP contribution in [0.2, 0.25) is 5.02 Å².